The number of anilines is 1. The van der Waals surface area contributed by atoms with Crippen LogP contribution in [0.15, 0.2) is 24.3 Å². The highest BCUT2D eigenvalue weighted by atomic mass is 32.2. The fourth-order valence-corrected chi connectivity index (χ4v) is 3.15. The molecule has 1 heterocycles. The summed E-state index contributed by atoms with van der Waals surface area (Å²) in [5.74, 6) is -0.485. The summed E-state index contributed by atoms with van der Waals surface area (Å²) in [7, 11) is -3.51. The molecule has 0 N–H and O–H groups in total. The van der Waals surface area contributed by atoms with Gasteiger partial charge in [0.25, 0.3) is 0 Å². The molecule has 6 heteroatoms. The van der Waals surface area contributed by atoms with E-state index in [1.165, 1.54) is 0 Å². The number of benzene rings is 1. The Balaban J connectivity index is 2.43. The molecule has 98 valence electrons. The second-order valence-electron chi connectivity index (χ2n) is 4.37. The zero-order chi connectivity index (χ0) is 13.3. The number of carbonyl (C=O) groups is 1. The minimum absolute atomic E-state index is 0.265. The van der Waals surface area contributed by atoms with Gasteiger partial charge in [-0.05, 0) is 19.1 Å². The lowest BCUT2D eigenvalue weighted by atomic mass is 10.2. The van der Waals surface area contributed by atoms with Gasteiger partial charge in [-0.25, -0.2) is 13.2 Å². The molecule has 1 saturated heterocycles. The standard InChI is InChI=1S/C12H15NO4S/c1-9-3-5-10(6-4-9)13(18(2,15)16)11-7-8-17-12(11)14/h3-6,11H,7-8H2,1-2H3. The Morgan fingerprint density at radius 2 is 1.89 bits per heavy atom. The second kappa shape index (κ2) is 4.61. The summed E-state index contributed by atoms with van der Waals surface area (Å²) in [5, 5.41) is 0. The van der Waals surface area contributed by atoms with Gasteiger partial charge in [0.2, 0.25) is 10.0 Å². The van der Waals surface area contributed by atoms with Crippen LogP contribution in [0.3, 0.4) is 0 Å². The Morgan fingerprint density at radius 3 is 2.33 bits per heavy atom. The van der Waals surface area contributed by atoms with Crippen LogP contribution in [0.5, 0.6) is 0 Å². The quantitative estimate of drug-likeness (QED) is 0.770. The van der Waals surface area contributed by atoms with E-state index in [2.05, 4.69) is 0 Å². The fourth-order valence-electron chi connectivity index (χ4n) is 1.99. The molecule has 1 aromatic carbocycles. The Morgan fingerprint density at radius 1 is 1.28 bits per heavy atom. The van der Waals surface area contributed by atoms with Gasteiger partial charge in [0.05, 0.1) is 18.6 Å². The van der Waals surface area contributed by atoms with Crippen LogP contribution in [0.25, 0.3) is 0 Å². The lowest BCUT2D eigenvalue weighted by molar-refractivity contribution is -0.138. The lowest BCUT2D eigenvalue weighted by Crippen LogP contribution is -2.42. The molecule has 0 aliphatic carbocycles. The van der Waals surface area contributed by atoms with Gasteiger partial charge in [-0.2, -0.15) is 0 Å². The SMILES string of the molecule is Cc1ccc(N(C2CCOC2=O)S(C)(=O)=O)cc1. The van der Waals surface area contributed by atoms with Crippen LogP contribution in [0.1, 0.15) is 12.0 Å². The number of cyclic esters (lactones) is 1. The molecule has 0 radical (unpaired) electrons. The van der Waals surface area contributed by atoms with E-state index in [4.69, 9.17) is 4.74 Å². The topological polar surface area (TPSA) is 63.7 Å². The highest BCUT2D eigenvalue weighted by molar-refractivity contribution is 7.92. The first kappa shape index (κ1) is 12.9. The van der Waals surface area contributed by atoms with Crippen LogP contribution in [0, 0.1) is 6.92 Å². The number of hydrogen-bond donors (Lipinski definition) is 0. The van der Waals surface area contributed by atoms with Crippen LogP contribution < -0.4 is 4.31 Å². The van der Waals surface area contributed by atoms with Crippen LogP contribution in [-0.2, 0) is 19.6 Å². The summed E-state index contributed by atoms with van der Waals surface area (Å²) in [6.07, 6.45) is 1.48. The molecular weight excluding hydrogens is 254 g/mol. The molecular formula is C12H15NO4S. The summed E-state index contributed by atoms with van der Waals surface area (Å²) in [5.41, 5.74) is 1.52. The molecule has 1 atom stereocenters. The maximum absolute atomic E-state index is 11.9. The van der Waals surface area contributed by atoms with E-state index < -0.39 is 22.0 Å². The summed E-state index contributed by atoms with van der Waals surface area (Å²) in [4.78, 5) is 11.6. The molecule has 1 aromatic rings. The lowest BCUT2D eigenvalue weighted by Gasteiger charge is -2.26. The van der Waals surface area contributed by atoms with E-state index >= 15 is 0 Å². The summed E-state index contributed by atoms with van der Waals surface area (Å²) in [6.45, 7) is 2.18. The average Bonchev–Trinajstić information content (AvgIpc) is 2.66. The molecule has 5 nitrogen and oxygen atoms in total. The van der Waals surface area contributed by atoms with Crippen molar-refractivity contribution in [1.29, 1.82) is 0 Å². The van der Waals surface area contributed by atoms with E-state index in [0.717, 1.165) is 16.1 Å². The van der Waals surface area contributed by atoms with Crippen LogP contribution >= 0.6 is 0 Å². The summed E-state index contributed by atoms with van der Waals surface area (Å²) >= 11 is 0. The first-order chi connectivity index (χ1) is 8.39. The second-order valence-corrected chi connectivity index (χ2v) is 6.23. The van der Waals surface area contributed by atoms with Crippen molar-refractivity contribution in [3.63, 3.8) is 0 Å². The van der Waals surface area contributed by atoms with Gasteiger partial charge < -0.3 is 4.74 Å². The molecule has 0 aromatic heterocycles. The number of rotatable bonds is 3. The Kier molecular flexibility index (Phi) is 3.30. The van der Waals surface area contributed by atoms with E-state index in [0.29, 0.717) is 12.1 Å². The van der Waals surface area contributed by atoms with Crippen molar-refractivity contribution in [1.82, 2.24) is 0 Å². The number of esters is 1. The Hall–Kier alpha value is -1.56. The normalized spacial score (nSPS) is 19.7. The largest absolute Gasteiger partial charge is 0.464 e. The van der Waals surface area contributed by atoms with Crippen LogP contribution in [-0.4, -0.2) is 33.3 Å². The molecule has 1 aliphatic heterocycles. The first-order valence-corrected chi connectivity index (χ1v) is 7.47. The minimum atomic E-state index is -3.51. The van der Waals surface area contributed by atoms with Crippen LogP contribution in [0.2, 0.25) is 0 Å². The third-order valence-electron chi connectivity index (χ3n) is 2.84. The maximum Gasteiger partial charge on any atom is 0.330 e. The Labute approximate surface area is 106 Å². The van der Waals surface area contributed by atoms with Crippen molar-refractivity contribution in [3.8, 4) is 0 Å². The number of aryl methyl sites for hydroxylation is 1. The molecule has 1 aliphatic rings. The number of nitrogens with zero attached hydrogens (tertiary/aromatic N) is 1. The zero-order valence-corrected chi connectivity index (χ0v) is 11.1. The summed E-state index contributed by atoms with van der Waals surface area (Å²) in [6, 6.07) is 6.27. The molecule has 18 heavy (non-hydrogen) atoms. The maximum atomic E-state index is 11.9. The molecule has 0 saturated carbocycles. The van der Waals surface area contributed by atoms with Crippen molar-refractivity contribution < 1.29 is 17.9 Å². The van der Waals surface area contributed by atoms with Crippen LogP contribution in [0.4, 0.5) is 5.69 Å². The summed E-state index contributed by atoms with van der Waals surface area (Å²) < 4.78 is 29.7. The minimum Gasteiger partial charge on any atom is -0.464 e. The van der Waals surface area contributed by atoms with Gasteiger partial charge in [0, 0.05) is 6.42 Å². The van der Waals surface area contributed by atoms with Crippen molar-refractivity contribution in [2.45, 2.75) is 19.4 Å². The number of hydrogen-bond acceptors (Lipinski definition) is 4. The molecule has 0 bridgehead atoms. The predicted molar refractivity (Wildman–Crippen MR) is 67.9 cm³/mol. The molecule has 1 unspecified atom stereocenters. The first-order valence-electron chi connectivity index (χ1n) is 5.62. The third kappa shape index (κ3) is 2.48. The zero-order valence-electron chi connectivity index (χ0n) is 10.3. The molecule has 2 rings (SSSR count). The average molecular weight is 269 g/mol. The smallest absolute Gasteiger partial charge is 0.330 e. The van der Waals surface area contributed by atoms with Gasteiger partial charge in [0.15, 0.2) is 0 Å². The van der Waals surface area contributed by atoms with E-state index in [1.54, 1.807) is 12.1 Å². The molecule has 0 amide bonds. The number of ether oxygens (including phenoxy) is 1. The third-order valence-corrected chi connectivity index (χ3v) is 4.02. The predicted octanol–water partition coefficient (Wildman–Crippen LogP) is 1.08. The van der Waals surface area contributed by atoms with Crippen molar-refractivity contribution >= 4 is 21.7 Å². The number of sulfonamides is 1. The van der Waals surface area contributed by atoms with Gasteiger partial charge >= 0.3 is 5.97 Å². The molecule has 0 spiro atoms. The van der Waals surface area contributed by atoms with Crippen molar-refractivity contribution in [2.24, 2.45) is 0 Å². The highest BCUT2D eigenvalue weighted by Crippen LogP contribution is 2.25. The van der Waals surface area contributed by atoms with Gasteiger partial charge in [-0.15, -0.1) is 0 Å². The van der Waals surface area contributed by atoms with Gasteiger partial charge in [0.1, 0.15) is 6.04 Å². The van der Waals surface area contributed by atoms with Crippen molar-refractivity contribution in [2.75, 3.05) is 17.2 Å². The fraction of sp³-hybridized carbons (Fsp3) is 0.417. The number of carbonyl (C=O) groups excluding carboxylic acids is 1. The van der Waals surface area contributed by atoms with Crippen molar-refractivity contribution in [3.05, 3.63) is 29.8 Å². The van der Waals surface area contributed by atoms with E-state index in [-0.39, 0.29) is 6.61 Å². The van der Waals surface area contributed by atoms with Gasteiger partial charge in [-0.1, -0.05) is 17.7 Å². The Bertz CT molecular complexity index is 550. The van der Waals surface area contributed by atoms with E-state index in [9.17, 15) is 13.2 Å². The van der Waals surface area contributed by atoms with E-state index in [1.807, 2.05) is 19.1 Å². The molecule has 1 fully saturated rings. The monoisotopic (exact) mass is 269 g/mol. The van der Waals surface area contributed by atoms with Gasteiger partial charge in [-0.3, -0.25) is 4.31 Å². The highest BCUT2D eigenvalue weighted by Gasteiger charge is 2.37.